The van der Waals surface area contributed by atoms with Gasteiger partial charge in [0.05, 0.1) is 0 Å². The van der Waals surface area contributed by atoms with Crippen LogP contribution in [-0.2, 0) is 0 Å². The number of rotatable bonds is 1. The highest BCUT2D eigenvalue weighted by Crippen LogP contribution is 2.38. The standard InChI is InChI=1S/C3H8IP/c1-3-5(2)4/h3H2,1-2H3. The molecular weight excluding hydrogens is 194 g/mol. The van der Waals surface area contributed by atoms with Crippen molar-refractivity contribution in [1.82, 2.24) is 0 Å². The van der Waals surface area contributed by atoms with Crippen molar-refractivity contribution in [3.63, 3.8) is 0 Å². The Balaban J connectivity index is 2.54. The van der Waals surface area contributed by atoms with Crippen LogP contribution in [0.4, 0.5) is 0 Å². The summed E-state index contributed by atoms with van der Waals surface area (Å²) in [7, 11) is 0. The maximum absolute atomic E-state index is 2.47. The first-order chi connectivity index (χ1) is 2.27. The van der Waals surface area contributed by atoms with Crippen LogP contribution >= 0.6 is 27.6 Å². The van der Waals surface area contributed by atoms with E-state index in [-0.39, 0.29) is 0 Å². The molecule has 0 aliphatic heterocycles. The number of hydrogen-bond acceptors (Lipinski definition) is 0. The van der Waals surface area contributed by atoms with Crippen LogP contribution in [0, 0.1) is 0 Å². The smallest absolute Gasteiger partial charge is 0.0266 e. The van der Waals surface area contributed by atoms with Gasteiger partial charge in [0, 0.05) is 0 Å². The van der Waals surface area contributed by atoms with E-state index in [0.29, 0.717) is 5.56 Å². The summed E-state index contributed by atoms with van der Waals surface area (Å²) in [5.74, 6) is 0. The van der Waals surface area contributed by atoms with Gasteiger partial charge in [-0.05, 0) is 18.4 Å². The predicted octanol–water partition coefficient (Wildman–Crippen LogP) is 2.47. The average molecular weight is 202 g/mol. The molecule has 0 N–H and O–H groups in total. The van der Waals surface area contributed by atoms with E-state index in [2.05, 4.69) is 35.6 Å². The van der Waals surface area contributed by atoms with Crippen molar-refractivity contribution >= 4 is 27.6 Å². The summed E-state index contributed by atoms with van der Waals surface area (Å²) in [5, 5.41) is 0. The van der Waals surface area contributed by atoms with E-state index in [1.165, 1.54) is 6.16 Å². The topological polar surface area (TPSA) is 0 Å². The van der Waals surface area contributed by atoms with Crippen molar-refractivity contribution < 1.29 is 0 Å². The normalized spacial score (nSPS) is 15.0. The van der Waals surface area contributed by atoms with Crippen LogP contribution in [0.5, 0.6) is 0 Å². The third-order valence-corrected chi connectivity index (χ3v) is 3.35. The maximum Gasteiger partial charge on any atom is -0.0266 e. The molecule has 0 nitrogen and oxygen atoms in total. The lowest BCUT2D eigenvalue weighted by Crippen LogP contribution is -1.57. The van der Waals surface area contributed by atoms with Gasteiger partial charge >= 0.3 is 0 Å². The molecule has 0 aromatic carbocycles. The molecule has 0 saturated heterocycles. The molecule has 0 aromatic rings. The van der Waals surface area contributed by atoms with E-state index in [0.717, 1.165) is 0 Å². The van der Waals surface area contributed by atoms with Crippen molar-refractivity contribution in [3.05, 3.63) is 0 Å². The highest BCUT2D eigenvalue weighted by atomic mass is 127. The van der Waals surface area contributed by atoms with Gasteiger partial charge in [-0.2, -0.15) is 0 Å². The third-order valence-electron chi connectivity index (χ3n) is 0.436. The summed E-state index contributed by atoms with van der Waals surface area (Å²) >= 11 is 2.47. The predicted molar refractivity (Wildman–Crippen MR) is 37.4 cm³/mol. The lowest BCUT2D eigenvalue weighted by Gasteiger charge is -1.89. The Kier molecular flexibility index (Phi) is 4.13. The first-order valence-corrected chi connectivity index (χ1v) is 6.40. The lowest BCUT2D eigenvalue weighted by atomic mass is 11.0. The van der Waals surface area contributed by atoms with Gasteiger partial charge < -0.3 is 0 Å². The fraction of sp³-hybridized carbons (Fsp3) is 1.00. The Hall–Kier alpha value is 1.16. The minimum Gasteiger partial charge on any atom is -0.0607 e. The number of halogens is 1. The highest BCUT2D eigenvalue weighted by molar-refractivity contribution is 14.2. The van der Waals surface area contributed by atoms with E-state index in [1.54, 1.807) is 0 Å². The first-order valence-electron chi connectivity index (χ1n) is 1.64. The van der Waals surface area contributed by atoms with Gasteiger partial charge in [-0.15, -0.1) is 0 Å². The second-order valence-corrected chi connectivity index (χ2v) is 7.70. The quantitative estimate of drug-likeness (QED) is 0.452. The first kappa shape index (κ1) is 6.16. The van der Waals surface area contributed by atoms with Crippen LogP contribution in [0.25, 0.3) is 0 Å². The van der Waals surface area contributed by atoms with Gasteiger partial charge in [0.15, 0.2) is 0 Å². The van der Waals surface area contributed by atoms with E-state index < -0.39 is 0 Å². The van der Waals surface area contributed by atoms with Crippen molar-refractivity contribution in [2.24, 2.45) is 0 Å². The van der Waals surface area contributed by atoms with Crippen LogP contribution in [-0.4, -0.2) is 12.8 Å². The Morgan fingerprint density at radius 3 is 2.00 bits per heavy atom. The second-order valence-electron chi connectivity index (χ2n) is 0.921. The Morgan fingerprint density at radius 2 is 2.00 bits per heavy atom. The molecule has 0 fully saturated rings. The molecule has 1 atom stereocenters. The molecule has 0 saturated carbocycles. The SMILES string of the molecule is CCP(C)I. The Morgan fingerprint density at radius 1 is 1.80 bits per heavy atom. The average Bonchev–Trinajstić information content (AvgIpc) is 1.38. The zero-order valence-corrected chi connectivity index (χ0v) is 6.58. The van der Waals surface area contributed by atoms with Gasteiger partial charge in [0.1, 0.15) is 0 Å². The van der Waals surface area contributed by atoms with E-state index in [4.69, 9.17) is 0 Å². The molecule has 32 valence electrons. The lowest BCUT2D eigenvalue weighted by molar-refractivity contribution is 1.52. The molecule has 0 heterocycles. The van der Waals surface area contributed by atoms with Crippen molar-refractivity contribution in [2.45, 2.75) is 6.92 Å². The Bertz CT molecular complexity index is 20.9. The van der Waals surface area contributed by atoms with E-state index in [9.17, 15) is 0 Å². The van der Waals surface area contributed by atoms with Gasteiger partial charge in [0.25, 0.3) is 0 Å². The number of hydrogen-bond donors (Lipinski definition) is 0. The summed E-state index contributed by atoms with van der Waals surface area (Å²) in [6.45, 7) is 4.49. The summed E-state index contributed by atoms with van der Waals surface area (Å²) in [6.07, 6.45) is 1.36. The van der Waals surface area contributed by atoms with Crippen molar-refractivity contribution in [3.8, 4) is 0 Å². The Labute approximate surface area is 47.6 Å². The fourth-order valence-corrected chi connectivity index (χ4v) is 0. The van der Waals surface area contributed by atoms with Gasteiger partial charge in [0.2, 0.25) is 0 Å². The molecular formula is C3H8IP. The molecule has 0 radical (unpaired) electrons. The molecule has 0 spiro atoms. The third kappa shape index (κ3) is 5.16. The molecule has 0 aromatic heterocycles. The molecule has 0 bridgehead atoms. The minimum atomic E-state index is 0.372. The highest BCUT2D eigenvalue weighted by Gasteiger charge is 1.81. The largest absolute Gasteiger partial charge is 0.0607 e. The molecule has 5 heavy (non-hydrogen) atoms. The summed E-state index contributed by atoms with van der Waals surface area (Å²) in [5.41, 5.74) is 0.372. The molecule has 0 rings (SSSR count). The van der Waals surface area contributed by atoms with Crippen molar-refractivity contribution in [1.29, 1.82) is 0 Å². The monoisotopic (exact) mass is 202 g/mol. The van der Waals surface area contributed by atoms with Gasteiger partial charge in [-0.3, -0.25) is 0 Å². The second kappa shape index (κ2) is 3.35. The molecule has 0 amide bonds. The summed E-state index contributed by atoms with van der Waals surface area (Å²) in [6, 6.07) is 0. The molecule has 0 aliphatic carbocycles. The van der Waals surface area contributed by atoms with Crippen molar-refractivity contribution in [2.75, 3.05) is 12.8 Å². The zero-order chi connectivity index (χ0) is 4.28. The van der Waals surface area contributed by atoms with Crippen LogP contribution in [0.1, 0.15) is 6.92 Å². The molecule has 1 unspecified atom stereocenters. The van der Waals surface area contributed by atoms with Gasteiger partial charge in [-0.1, -0.05) is 29.0 Å². The zero-order valence-electron chi connectivity index (χ0n) is 3.53. The molecule has 0 aliphatic rings. The minimum absolute atomic E-state index is 0.372. The van der Waals surface area contributed by atoms with E-state index in [1.807, 2.05) is 0 Å². The fourth-order valence-electron chi connectivity index (χ4n) is 0. The van der Waals surface area contributed by atoms with Crippen LogP contribution in [0.3, 0.4) is 0 Å². The van der Waals surface area contributed by atoms with Crippen LogP contribution in [0.15, 0.2) is 0 Å². The summed E-state index contributed by atoms with van der Waals surface area (Å²) in [4.78, 5) is 0. The van der Waals surface area contributed by atoms with Gasteiger partial charge in [-0.25, -0.2) is 0 Å². The van der Waals surface area contributed by atoms with E-state index >= 15 is 0 Å². The summed E-state index contributed by atoms with van der Waals surface area (Å²) < 4.78 is 0. The van der Waals surface area contributed by atoms with Crippen LogP contribution in [0.2, 0.25) is 0 Å². The molecule has 2 heteroatoms. The maximum atomic E-state index is 2.47. The van der Waals surface area contributed by atoms with Crippen LogP contribution < -0.4 is 0 Å².